The quantitative estimate of drug-likeness (QED) is 0.814. The Morgan fingerprint density at radius 3 is 2.59 bits per heavy atom. The van der Waals surface area contributed by atoms with Crippen LogP contribution in [-0.2, 0) is 0 Å². The van der Waals surface area contributed by atoms with Gasteiger partial charge in [0.1, 0.15) is 16.8 Å². The molecule has 0 amide bonds. The second kappa shape index (κ2) is 4.56. The Balaban J connectivity index is 2.58. The smallest absolute Gasteiger partial charge is 0.152 e. The van der Waals surface area contributed by atoms with Crippen molar-refractivity contribution in [1.29, 1.82) is 5.26 Å². The number of aromatic nitrogens is 1. The molecule has 0 N–H and O–H groups in total. The fourth-order valence-electron chi connectivity index (χ4n) is 1.57. The van der Waals surface area contributed by atoms with Crippen LogP contribution < -0.4 is 4.74 Å². The van der Waals surface area contributed by atoms with Gasteiger partial charge < -0.3 is 4.74 Å². The number of nitrogens with zero attached hydrogens (tertiary/aromatic N) is 2. The van der Waals surface area contributed by atoms with Gasteiger partial charge in [-0.05, 0) is 37.1 Å². The largest absolute Gasteiger partial charge is 0.496 e. The van der Waals surface area contributed by atoms with Gasteiger partial charge in [-0.25, -0.2) is 4.98 Å². The molecule has 0 aliphatic carbocycles. The van der Waals surface area contributed by atoms with E-state index in [-0.39, 0.29) is 0 Å². The fraction of sp³-hybridized carbons (Fsp3) is 0.231. The van der Waals surface area contributed by atoms with Gasteiger partial charge in [0.15, 0.2) is 5.69 Å². The molecule has 1 aromatic heterocycles. The lowest BCUT2D eigenvalue weighted by molar-refractivity contribution is 0.416. The maximum absolute atomic E-state index is 8.79. The summed E-state index contributed by atoms with van der Waals surface area (Å²) in [6, 6.07) is 6.09. The van der Waals surface area contributed by atoms with Crippen LogP contribution in [0, 0.1) is 25.2 Å². The van der Waals surface area contributed by atoms with Crippen molar-refractivity contribution in [2.45, 2.75) is 13.8 Å². The summed E-state index contributed by atoms with van der Waals surface area (Å²) in [5.74, 6) is 0.798. The third kappa shape index (κ3) is 2.15. The summed E-state index contributed by atoms with van der Waals surface area (Å²) in [5.41, 5.74) is 3.77. The van der Waals surface area contributed by atoms with Crippen molar-refractivity contribution >= 4 is 11.3 Å². The van der Waals surface area contributed by atoms with E-state index in [0.29, 0.717) is 5.69 Å². The van der Waals surface area contributed by atoms with Gasteiger partial charge in [0.25, 0.3) is 0 Å². The standard InChI is InChI=1S/C13H12N2OS/c1-8-4-11(12(16-3)5-9(8)2)13-15-10(6-14)7-17-13/h4-5,7H,1-3H3. The molecule has 0 saturated heterocycles. The number of benzene rings is 1. The molecule has 17 heavy (non-hydrogen) atoms. The van der Waals surface area contributed by atoms with Crippen LogP contribution in [0.2, 0.25) is 0 Å². The number of thiazole rings is 1. The van der Waals surface area contributed by atoms with E-state index in [9.17, 15) is 0 Å². The van der Waals surface area contributed by atoms with E-state index in [0.717, 1.165) is 16.3 Å². The van der Waals surface area contributed by atoms with E-state index < -0.39 is 0 Å². The van der Waals surface area contributed by atoms with Crippen molar-refractivity contribution in [2.75, 3.05) is 7.11 Å². The van der Waals surface area contributed by atoms with Crippen molar-refractivity contribution in [3.05, 3.63) is 34.3 Å². The molecular formula is C13H12N2OS. The molecule has 4 heteroatoms. The molecule has 0 saturated carbocycles. The molecule has 0 fully saturated rings. The summed E-state index contributed by atoms with van der Waals surface area (Å²) in [7, 11) is 1.65. The molecule has 86 valence electrons. The van der Waals surface area contributed by atoms with E-state index in [1.54, 1.807) is 12.5 Å². The first kappa shape index (κ1) is 11.6. The highest BCUT2D eigenvalue weighted by molar-refractivity contribution is 7.13. The average molecular weight is 244 g/mol. The summed E-state index contributed by atoms with van der Waals surface area (Å²) < 4.78 is 5.36. The molecule has 0 radical (unpaired) electrons. The lowest BCUT2D eigenvalue weighted by Gasteiger charge is -2.09. The molecule has 1 aromatic carbocycles. The van der Waals surface area contributed by atoms with Crippen molar-refractivity contribution in [3.8, 4) is 22.4 Å². The maximum Gasteiger partial charge on any atom is 0.152 e. The van der Waals surface area contributed by atoms with Crippen molar-refractivity contribution in [1.82, 2.24) is 4.98 Å². The number of aryl methyl sites for hydroxylation is 2. The maximum atomic E-state index is 8.79. The van der Waals surface area contributed by atoms with Crippen LogP contribution in [0.25, 0.3) is 10.6 Å². The first-order valence-corrected chi connectivity index (χ1v) is 6.05. The molecule has 0 aliphatic heterocycles. The third-order valence-corrected chi connectivity index (χ3v) is 3.54. The van der Waals surface area contributed by atoms with Gasteiger partial charge in [-0.3, -0.25) is 0 Å². The molecule has 0 aliphatic rings. The molecule has 0 unspecified atom stereocenters. The van der Waals surface area contributed by atoms with Gasteiger partial charge in [-0.1, -0.05) is 0 Å². The van der Waals surface area contributed by atoms with Crippen molar-refractivity contribution < 1.29 is 4.74 Å². The van der Waals surface area contributed by atoms with E-state index in [1.165, 1.54) is 22.5 Å². The van der Waals surface area contributed by atoms with E-state index in [4.69, 9.17) is 10.00 Å². The zero-order chi connectivity index (χ0) is 12.4. The Morgan fingerprint density at radius 1 is 1.29 bits per heavy atom. The van der Waals surface area contributed by atoms with Crippen LogP contribution in [0.15, 0.2) is 17.5 Å². The molecule has 2 rings (SSSR count). The van der Waals surface area contributed by atoms with E-state index >= 15 is 0 Å². The van der Waals surface area contributed by atoms with Gasteiger partial charge in [-0.15, -0.1) is 11.3 Å². The number of nitriles is 1. The lowest BCUT2D eigenvalue weighted by atomic mass is 10.1. The number of methoxy groups -OCH3 is 1. The molecular weight excluding hydrogens is 232 g/mol. The lowest BCUT2D eigenvalue weighted by Crippen LogP contribution is -1.91. The third-order valence-electron chi connectivity index (χ3n) is 2.66. The Bertz CT molecular complexity index is 596. The van der Waals surface area contributed by atoms with Gasteiger partial charge in [0.05, 0.1) is 12.7 Å². The Hall–Kier alpha value is -1.86. The Labute approximate surface area is 104 Å². The van der Waals surface area contributed by atoms with Crippen LogP contribution in [0.3, 0.4) is 0 Å². The summed E-state index contributed by atoms with van der Waals surface area (Å²) in [4.78, 5) is 4.26. The van der Waals surface area contributed by atoms with Crippen LogP contribution in [-0.4, -0.2) is 12.1 Å². The van der Waals surface area contributed by atoms with Crippen molar-refractivity contribution in [2.24, 2.45) is 0 Å². The SMILES string of the molecule is COc1cc(C)c(C)cc1-c1nc(C#N)cs1. The minimum atomic E-state index is 0.449. The van der Waals surface area contributed by atoms with Gasteiger partial charge in [-0.2, -0.15) is 5.26 Å². The number of hydrogen-bond donors (Lipinski definition) is 0. The molecule has 1 heterocycles. The molecule has 3 nitrogen and oxygen atoms in total. The van der Waals surface area contributed by atoms with Gasteiger partial charge >= 0.3 is 0 Å². The highest BCUT2D eigenvalue weighted by Crippen LogP contribution is 2.34. The van der Waals surface area contributed by atoms with Gasteiger partial charge in [0.2, 0.25) is 0 Å². The van der Waals surface area contributed by atoms with Gasteiger partial charge in [0, 0.05) is 5.38 Å². The minimum absolute atomic E-state index is 0.449. The normalized spacial score (nSPS) is 10.0. The molecule has 0 spiro atoms. The monoisotopic (exact) mass is 244 g/mol. The topological polar surface area (TPSA) is 45.9 Å². The highest BCUT2D eigenvalue weighted by Gasteiger charge is 2.11. The van der Waals surface area contributed by atoms with Crippen LogP contribution in [0.4, 0.5) is 0 Å². The van der Waals surface area contributed by atoms with Crippen LogP contribution >= 0.6 is 11.3 Å². The predicted octanol–water partition coefficient (Wildman–Crippen LogP) is 3.31. The number of hydrogen-bond acceptors (Lipinski definition) is 4. The zero-order valence-electron chi connectivity index (χ0n) is 9.94. The first-order chi connectivity index (χ1) is 8.15. The van der Waals surface area contributed by atoms with E-state index in [2.05, 4.69) is 11.9 Å². The van der Waals surface area contributed by atoms with E-state index in [1.807, 2.05) is 25.1 Å². The summed E-state index contributed by atoms with van der Waals surface area (Å²) in [6.45, 7) is 4.10. The molecule has 0 bridgehead atoms. The fourth-order valence-corrected chi connectivity index (χ4v) is 2.34. The molecule has 2 aromatic rings. The van der Waals surface area contributed by atoms with Crippen LogP contribution in [0.5, 0.6) is 5.75 Å². The highest BCUT2D eigenvalue weighted by atomic mass is 32.1. The summed E-state index contributed by atoms with van der Waals surface area (Å²) >= 11 is 1.46. The van der Waals surface area contributed by atoms with Crippen LogP contribution in [0.1, 0.15) is 16.8 Å². The second-order valence-corrected chi connectivity index (χ2v) is 4.64. The number of rotatable bonds is 2. The predicted molar refractivity (Wildman–Crippen MR) is 68.3 cm³/mol. The minimum Gasteiger partial charge on any atom is -0.496 e. The average Bonchev–Trinajstić information content (AvgIpc) is 2.80. The van der Waals surface area contributed by atoms with Crippen molar-refractivity contribution in [3.63, 3.8) is 0 Å². The Morgan fingerprint density at radius 2 is 2.00 bits per heavy atom. The second-order valence-electron chi connectivity index (χ2n) is 3.79. The number of ether oxygens (including phenoxy) is 1. The molecule has 0 atom stereocenters. The first-order valence-electron chi connectivity index (χ1n) is 5.17. The summed E-state index contributed by atoms with van der Waals surface area (Å²) in [6.07, 6.45) is 0. The Kier molecular flexibility index (Phi) is 3.12. The summed E-state index contributed by atoms with van der Waals surface area (Å²) in [5, 5.41) is 11.4. The zero-order valence-corrected chi connectivity index (χ0v) is 10.8.